The van der Waals surface area contributed by atoms with Gasteiger partial charge >= 0.3 is 0 Å². The molecule has 2 aromatic rings. The van der Waals surface area contributed by atoms with E-state index < -0.39 is 0 Å². The number of thiophene rings is 1. The summed E-state index contributed by atoms with van der Waals surface area (Å²) in [6.45, 7) is 6.50. The largest absolute Gasteiger partial charge is 0.496 e. The Labute approximate surface area is 119 Å². The van der Waals surface area contributed by atoms with Crippen LogP contribution in [0.5, 0.6) is 5.75 Å². The Morgan fingerprint density at radius 1 is 1.16 bits per heavy atom. The molecule has 3 heteroatoms. The van der Waals surface area contributed by atoms with Gasteiger partial charge in [-0.1, -0.05) is 17.7 Å². The maximum absolute atomic E-state index is 5.46. The fraction of sp³-hybridized carbons (Fsp3) is 0.375. The second-order valence-electron chi connectivity index (χ2n) is 4.89. The maximum atomic E-state index is 5.46. The molecule has 1 aromatic heterocycles. The first-order chi connectivity index (χ1) is 9.08. The van der Waals surface area contributed by atoms with Gasteiger partial charge in [0, 0.05) is 0 Å². The van der Waals surface area contributed by atoms with Crippen LogP contribution in [0.25, 0.3) is 0 Å². The van der Waals surface area contributed by atoms with Crippen molar-refractivity contribution in [1.82, 2.24) is 5.32 Å². The van der Waals surface area contributed by atoms with Crippen molar-refractivity contribution in [3.05, 3.63) is 50.7 Å². The molecule has 1 heterocycles. The van der Waals surface area contributed by atoms with Crippen LogP contribution in [0.4, 0.5) is 0 Å². The SMILES string of the molecule is CNC(c1sccc1OC)c1c(C)cc(C)cc1C. The number of benzene rings is 1. The van der Waals surface area contributed by atoms with E-state index in [4.69, 9.17) is 4.74 Å². The zero-order chi connectivity index (χ0) is 14.0. The highest BCUT2D eigenvalue weighted by Gasteiger charge is 2.21. The molecule has 0 saturated heterocycles. The van der Waals surface area contributed by atoms with Crippen molar-refractivity contribution in [2.75, 3.05) is 14.2 Å². The molecule has 0 aliphatic heterocycles. The van der Waals surface area contributed by atoms with E-state index in [-0.39, 0.29) is 6.04 Å². The predicted octanol–water partition coefficient (Wildman–Crippen LogP) is 3.99. The highest BCUT2D eigenvalue weighted by molar-refractivity contribution is 7.10. The van der Waals surface area contributed by atoms with Gasteiger partial charge in [-0.2, -0.15) is 0 Å². The van der Waals surface area contributed by atoms with E-state index in [1.807, 2.05) is 13.1 Å². The van der Waals surface area contributed by atoms with Crippen molar-refractivity contribution in [3.8, 4) is 5.75 Å². The third-order valence-electron chi connectivity index (χ3n) is 3.45. The quantitative estimate of drug-likeness (QED) is 0.911. The average molecular weight is 275 g/mol. The van der Waals surface area contributed by atoms with Crippen LogP contribution in [0.3, 0.4) is 0 Å². The topological polar surface area (TPSA) is 21.3 Å². The molecule has 0 saturated carbocycles. The number of hydrogen-bond acceptors (Lipinski definition) is 3. The lowest BCUT2D eigenvalue weighted by Crippen LogP contribution is -2.19. The van der Waals surface area contributed by atoms with Crippen molar-refractivity contribution in [2.24, 2.45) is 0 Å². The van der Waals surface area contributed by atoms with Crippen LogP contribution in [0.2, 0.25) is 0 Å². The van der Waals surface area contributed by atoms with Crippen LogP contribution in [-0.2, 0) is 0 Å². The summed E-state index contributed by atoms with van der Waals surface area (Å²) < 4.78 is 5.46. The van der Waals surface area contributed by atoms with Crippen molar-refractivity contribution >= 4 is 11.3 Å². The van der Waals surface area contributed by atoms with Gasteiger partial charge in [0.2, 0.25) is 0 Å². The molecule has 0 aliphatic carbocycles. The molecule has 1 N–H and O–H groups in total. The maximum Gasteiger partial charge on any atom is 0.134 e. The van der Waals surface area contributed by atoms with Crippen LogP contribution in [-0.4, -0.2) is 14.2 Å². The minimum absolute atomic E-state index is 0.190. The number of methoxy groups -OCH3 is 1. The Hall–Kier alpha value is -1.32. The number of nitrogens with one attached hydrogen (secondary N) is 1. The molecule has 19 heavy (non-hydrogen) atoms. The molecule has 0 aliphatic rings. The van der Waals surface area contributed by atoms with Crippen LogP contribution < -0.4 is 10.1 Å². The van der Waals surface area contributed by atoms with Crippen LogP contribution in [0, 0.1) is 20.8 Å². The van der Waals surface area contributed by atoms with E-state index in [1.54, 1.807) is 18.4 Å². The van der Waals surface area contributed by atoms with Crippen LogP contribution >= 0.6 is 11.3 Å². The Balaban J connectivity index is 2.54. The van der Waals surface area contributed by atoms with Crippen molar-refractivity contribution < 1.29 is 4.74 Å². The van der Waals surface area contributed by atoms with Gasteiger partial charge in [-0.05, 0) is 56.0 Å². The molecule has 0 amide bonds. The molecule has 0 bridgehead atoms. The molecule has 2 rings (SSSR count). The zero-order valence-electron chi connectivity index (χ0n) is 12.2. The summed E-state index contributed by atoms with van der Waals surface area (Å²) in [6, 6.07) is 6.71. The summed E-state index contributed by atoms with van der Waals surface area (Å²) in [4.78, 5) is 1.24. The Morgan fingerprint density at radius 3 is 2.32 bits per heavy atom. The standard InChI is InChI=1S/C16H21NOS/c1-10-8-11(2)14(12(3)9-10)15(17-4)16-13(18-5)6-7-19-16/h6-9,15,17H,1-5H3. The third-order valence-corrected chi connectivity index (χ3v) is 4.42. The fourth-order valence-electron chi connectivity index (χ4n) is 2.74. The molecule has 1 aromatic carbocycles. The van der Waals surface area contributed by atoms with E-state index in [0.717, 1.165) is 5.75 Å². The van der Waals surface area contributed by atoms with E-state index in [2.05, 4.69) is 43.6 Å². The van der Waals surface area contributed by atoms with E-state index >= 15 is 0 Å². The Kier molecular flexibility index (Phi) is 4.27. The normalized spacial score (nSPS) is 12.5. The van der Waals surface area contributed by atoms with E-state index in [9.17, 15) is 0 Å². The third kappa shape index (κ3) is 2.67. The highest BCUT2D eigenvalue weighted by atomic mass is 32.1. The summed E-state index contributed by atoms with van der Waals surface area (Å²) >= 11 is 1.74. The van der Waals surface area contributed by atoms with Crippen LogP contribution in [0.15, 0.2) is 23.6 Å². The monoisotopic (exact) mass is 275 g/mol. The van der Waals surface area contributed by atoms with Crippen molar-refractivity contribution in [2.45, 2.75) is 26.8 Å². The number of rotatable bonds is 4. The van der Waals surface area contributed by atoms with Crippen molar-refractivity contribution in [3.63, 3.8) is 0 Å². The van der Waals surface area contributed by atoms with Gasteiger partial charge in [-0.15, -0.1) is 11.3 Å². The summed E-state index contributed by atoms with van der Waals surface area (Å²) in [6.07, 6.45) is 0. The van der Waals surface area contributed by atoms with Gasteiger partial charge < -0.3 is 10.1 Å². The average Bonchev–Trinajstić information content (AvgIpc) is 2.81. The molecule has 1 unspecified atom stereocenters. The highest BCUT2D eigenvalue weighted by Crippen LogP contribution is 2.37. The van der Waals surface area contributed by atoms with Crippen molar-refractivity contribution in [1.29, 1.82) is 0 Å². The Morgan fingerprint density at radius 2 is 1.79 bits per heavy atom. The van der Waals surface area contributed by atoms with Gasteiger partial charge in [0.1, 0.15) is 5.75 Å². The molecular formula is C16H21NOS. The zero-order valence-corrected chi connectivity index (χ0v) is 13.0. The second-order valence-corrected chi connectivity index (χ2v) is 5.84. The Bertz CT molecular complexity index is 551. The molecular weight excluding hydrogens is 254 g/mol. The van der Waals surface area contributed by atoms with Gasteiger partial charge in [-0.25, -0.2) is 0 Å². The van der Waals surface area contributed by atoms with Crippen LogP contribution in [0.1, 0.15) is 33.2 Å². The smallest absolute Gasteiger partial charge is 0.134 e. The molecule has 0 radical (unpaired) electrons. The summed E-state index contributed by atoms with van der Waals surface area (Å²) in [7, 11) is 3.73. The first kappa shape index (κ1) is 14.1. The first-order valence-electron chi connectivity index (χ1n) is 6.44. The molecule has 0 fully saturated rings. The predicted molar refractivity (Wildman–Crippen MR) is 82.4 cm³/mol. The molecule has 2 nitrogen and oxygen atoms in total. The fourth-order valence-corrected chi connectivity index (χ4v) is 3.72. The van der Waals surface area contributed by atoms with E-state index in [0.29, 0.717) is 0 Å². The lowest BCUT2D eigenvalue weighted by atomic mass is 9.93. The molecule has 1 atom stereocenters. The van der Waals surface area contributed by atoms with Gasteiger partial charge in [0.15, 0.2) is 0 Å². The summed E-state index contributed by atoms with van der Waals surface area (Å²) in [5.41, 5.74) is 5.32. The number of aryl methyl sites for hydroxylation is 3. The summed E-state index contributed by atoms with van der Waals surface area (Å²) in [5, 5.41) is 5.51. The summed E-state index contributed by atoms with van der Waals surface area (Å²) in [5.74, 6) is 0.962. The number of ether oxygens (including phenoxy) is 1. The molecule has 102 valence electrons. The van der Waals surface area contributed by atoms with E-state index in [1.165, 1.54) is 27.1 Å². The lowest BCUT2D eigenvalue weighted by Gasteiger charge is -2.22. The molecule has 0 spiro atoms. The van der Waals surface area contributed by atoms with Gasteiger partial charge in [0.05, 0.1) is 18.0 Å². The van der Waals surface area contributed by atoms with Gasteiger partial charge in [-0.3, -0.25) is 0 Å². The first-order valence-corrected chi connectivity index (χ1v) is 7.32. The lowest BCUT2D eigenvalue weighted by molar-refractivity contribution is 0.408. The minimum atomic E-state index is 0.190. The number of hydrogen-bond donors (Lipinski definition) is 1. The second kappa shape index (κ2) is 5.76. The van der Waals surface area contributed by atoms with Gasteiger partial charge in [0.25, 0.3) is 0 Å². The minimum Gasteiger partial charge on any atom is -0.496 e.